The first-order valence-electron chi connectivity index (χ1n) is 8.14. The third-order valence-electron chi connectivity index (χ3n) is 4.34. The maximum Gasteiger partial charge on any atom is 0.266 e. The highest BCUT2D eigenvalue weighted by Crippen LogP contribution is 2.36. The zero-order chi connectivity index (χ0) is 18.8. The summed E-state index contributed by atoms with van der Waals surface area (Å²) in [6.45, 7) is 2.18. The minimum Gasteiger partial charge on any atom is -0.368 e. The van der Waals surface area contributed by atoms with Crippen LogP contribution in [0, 0.1) is 0 Å². The summed E-state index contributed by atoms with van der Waals surface area (Å²) in [5, 5.41) is 3.94. The van der Waals surface area contributed by atoms with Crippen molar-refractivity contribution in [2.45, 2.75) is 19.5 Å². The normalized spacial score (nSPS) is 12.2. The highest BCUT2D eigenvalue weighted by atomic mass is 32.1. The SMILES string of the molecule is CC(NCc1ccc2c(c1)c(-c1ccccc1)c(C(N)=O)n2S)C(N)=O. The minimum absolute atomic E-state index is 0.338. The lowest BCUT2D eigenvalue weighted by atomic mass is 10.00. The Kier molecular flexibility index (Phi) is 5.01. The maximum atomic E-state index is 12.0. The summed E-state index contributed by atoms with van der Waals surface area (Å²) in [7, 11) is 0. The number of aromatic nitrogens is 1. The number of fused-ring (bicyclic) bond motifs is 1. The van der Waals surface area contributed by atoms with E-state index in [9.17, 15) is 9.59 Å². The summed E-state index contributed by atoms with van der Waals surface area (Å²) in [4.78, 5) is 23.2. The van der Waals surface area contributed by atoms with E-state index in [1.165, 1.54) is 3.97 Å². The Bertz CT molecular complexity index is 982. The second kappa shape index (κ2) is 7.23. The largest absolute Gasteiger partial charge is 0.368 e. The molecule has 2 aromatic carbocycles. The summed E-state index contributed by atoms with van der Waals surface area (Å²) in [5.41, 5.74) is 14.6. The molecule has 1 unspecified atom stereocenters. The number of nitrogens with zero attached hydrogens (tertiary/aromatic N) is 1. The topological polar surface area (TPSA) is 103 Å². The van der Waals surface area contributed by atoms with Crippen molar-refractivity contribution in [2.24, 2.45) is 11.5 Å². The first kappa shape index (κ1) is 18.0. The molecule has 3 aromatic rings. The average Bonchev–Trinajstić information content (AvgIpc) is 2.92. The second-order valence-corrected chi connectivity index (χ2v) is 6.52. The highest BCUT2D eigenvalue weighted by Gasteiger charge is 2.21. The molecule has 0 spiro atoms. The van der Waals surface area contributed by atoms with Gasteiger partial charge in [0.05, 0.1) is 11.6 Å². The molecule has 134 valence electrons. The molecule has 0 saturated heterocycles. The van der Waals surface area contributed by atoms with Gasteiger partial charge in [-0.1, -0.05) is 49.2 Å². The van der Waals surface area contributed by atoms with E-state index >= 15 is 0 Å². The summed E-state index contributed by atoms with van der Waals surface area (Å²) >= 11 is 4.46. The van der Waals surface area contributed by atoms with E-state index in [-0.39, 0.29) is 0 Å². The molecule has 0 bridgehead atoms. The Hall–Kier alpha value is -2.77. The van der Waals surface area contributed by atoms with Crippen molar-refractivity contribution in [2.75, 3.05) is 0 Å². The number of nitrogens with one attached hydrogen (secondary N) is 1. The van der Waals surface area contributed by atoms with Crippen molar-refractivity contribution >= 4 is 35.5 Å². The number of rotatable bonds is 6. The zero-order valence-corrected chi connectivity index (χ0v) is 15.2. The van der Waals surface area contributed by atoms with Gasteiger partial charge in [-0.15, -0.1) is 0 Å². The predicted octanol–water partition coefficient (Wildman–Crippen LogP) is 2.06. The fourth-order valence-electron chi connectivity index (χ4n) is 2.93. The number of carbonyl (C=O) groups excluding carboxylic acids is 2. The molecule has 1 heterocycles. The highest BCUT2D eigenvalue weighted by molar-refractivity contribution is 7.78. The third-order valence-corrected chi connectivity index (χ3v) is 4.76. The summed E-state index contributed by atoms with van der Waals surface area (Å²) < 4.78 is 1.52. The van der Waals surface area contributed by atoms with Gasteiger partial charge >= 0.3 is 0 Å². The number of thiol groups is 1. The van der Waals surface area contributed by atoms with Crippen LogP contribution in [0.15, 0.2) is 48.5 Å². The number of benzene rings is 2. The van der Waals surface area contributed by atoms with Crippen LogP contribution in [0.25, 0.3) is 22.0 Å². The van der Waals surface area contributed by atoms with Crippen molar-refractivity contribution in [3.63, 3.8) is 0 Å². The molecule has 6 nitrogen and oxygen atoms in total. The first-order valence-corrected chi connectivity index (χ1v) is 8.54. The summed E-state index contributed by atoms with van der Waals surface area (Å²) in [6, 6.07) is 14.9. The summed E-state index contributed by atoms with van der Waals surface area (Å²) in [5.74, 6) is -0.953. The molecule has 0 fully saturated rings. The van der Waals surface area contributed by atoms with Gasteiger partial charge in [0.2, 0.25) is 5.91 Å². The van der Waals surface area contributed by atoms with Gasteiger partial charge in [0.25, 0.3) is 5.91 Å². The Morgan fingerprint density at radius 2 is 1.85 bits per heavy atom. The zero-order valence-electron chi connectivity index (χ0n) is 14.3. The maximum absolute atomic E-state index is 12.0. The van der Waals surface area contributed by atoms with E-state index in [2.05, 4.69) is 18.1 Å². The standard InChI is InChI=1S/C19H20N4O2S/c1-11(18(20)24)22-10-12-7-8-15-14(9-12)16(13-5-3-2-4-6-13)17(19(21)25)23(15)26/h2-9,11,22,26H,10H2,1H3,(H2,20,24)(H2,21,25). The Morgan fingerprint density at radius 3 is 2.46 bits per heavy atom. The van der Waals surface area contributed by atoms with Crippen molar-refractivity contribution in [3.05, 3.63) is 59.8 Å². The quantitative estimate of drug-likeness (QED) is 0.501. The predicted molar refractivity (Wildman–Crippen MR) is 106 cm³/mol. The molecule has 0 radical (unpaired) electrons. The number of nitrogens with two attached hydrogens (primary N) is 2. The van der Waals surface area contributed by atoms with E-state index in [0.717, 1.165) is 27.6 Å². The minimum atomic E-state index is -0.544. The van der Waals surface area contributed by atoms with Crippen molar-refractivity contribution < 1.29 is 9.59 Å². The van der Waals surface area contributed by atoms with Crippen LogP contribution in [-0.2, 0) is 11.3 Å². The molecular formula is C19H20N4O2S. The molecule has 5 N–H and O–H groups in total. The van der Waals surface area contributed by atoms with Crippen LogP contribution in [-0.4, -0.2) is 21.8 Å². The van der Waals surface area contributed by atoms with Crippen LogP contribution < -0.4 is 16.8 Å². The molecule has 1 atom stereocenters. The van der Waals surface area contributed by atoms with Gasteiger partial charge in [-0.05, 0) is 30.2 Å². The molecule has 7 heteroatoms. The number of hydrogen-bond donors (Lipinski definition) is 4. The van der Waals surface area contributed by atoms with E-state index in [1.54, 1.807) is 6.92 Å². The molecule has 2 amide bonds. The van der Waals surface area contributed by atoms with Gasteiger partial charge < -0.3 is 16.8 Å². The van der Waals surface area contributed by atoms with Crippen LogP contribution >= 0.6 is 12.8 Å². The molecule has 0 aliphatic carbocycles. The van der Waals surface area contributed by atoms with Crippen LogP contribution in [0.1, 0.15) is 23.0 Å². The van der Waals surface area contributed by atoms with Crippen molar-refractivity contribution in [1.82, 2.24) is 9.29 Å². The van der Waals surface area contributed by atoms with Gasteiger partial charge in [0, 0.05) is 17.5 Å². The average molecular weight is 368 g/mol. The number of carbonyl (C=O) groups is 2. The lowest BCUT2D eigenvalue weighted by Crippen LogP contribution is -2.38. The van der Waals surface area contributed by atoms with Gasteiger partial charge in [-0.2, -0.15) is 0 Å². The van der Waals surface area contributed by atoms with E-state index in [0.29, 0.717) is 12.2 Å². The molecular weight excluding hydrogens is 348 g/mol. The molecule has 3 rings (SSSR count). The molecule has 1 aromatic heterocycles. The van der Waals surface area contributed by atoms with Crippen molar-refractivity contribution in [3.8, 4) is 11.1 Å². The van der Waals surface area contributed by atoms with Crippen LogP contribution in [0.3, 0.4) is 0 Å². The Balaban J connectivity index is 2.13. The van der Waals surface area contributed by atoms with E-state index in [1.807, 2.05) is 48.5 Å². The van der Waals surface area contributed by atoms with Crippen LogP contribution in [0.5, 0.6) is 0 Å². The number of primary amides is 2. The fraction of sp³-hybridized carbons (Fsp3) is 0.158. The monoisotopic (exact) mass is 368 g/mol. The van der Waals surface area contributed by atoms with Crippen molar-refractivity contribution in [1.29, 1.82) is 0 Å². The van der Waals surface area contributed by atoms with Gasteiger partial charge in [-0.25, -0.2) is 0 Å². The van der Waals surface area contributed by atoms with Crippen LogP contribution in [0.4, 0.5) is 0 Å². The lowest BCUT2D eigenvalue weighted by molar-refractivity contribution is -0.119. The first-order chi connectivity index (χ1) is 12.4. The molecule has 26 heavy (non-hydrogen) atoms. The van der Waals surface area contributed by atoms with Gasteiger partial charge in [0.1, 0.15) is 5.69 Å². The van der Waals surface area contributed by atoms with E-state index in [4.69, 9.17) is 11.5 Å². The number of amides is 2. The smallest absolute Gasteiger partial charge is 0.266 e. The van der Waals surface area contributed by atoms with E-state index < -0.39 is 17.9 Å². The fourth-order valence-corrected chi connectivity index (χ4v) is 3.30. The van der Waals surface area contributed by atoms with Gasteiger partial charge in [-0.3, -0.25) is 13.6 Å². The van der Waals surface area contributed by atoms with Crippen LogP contribution in [0.2, 0.25) is 0 Å². The Morgan fingerprint density at radius 1 is 1.15 bits per heavy atom. The molecule has 0 saturated carbocycles. The second-order valence-electron chi connectivity index (χ2n) is 6.12. The number of hydrogen-bond acceptors (Lipinski definition) is 4. The third kappa shape index (κ3) is 3.31. The van der Waals surface area contributed by atoms with Gasteiger partial charge in [0.15, 0.2) is 0 Å². The Labute approximate surface area is 156 Å². The summed E-state index contributed by atoms with van der Waals surface area (Å²) in [6.07, 6.45) is 0. The lowest BCUT2D eigenvalue weighted by Gasteiger charge is -2.10. The molecule has 0 aliphatic rings. The molecule has 0 aliphatic heterocycles.